The summed E-state index contributed by atoms with van der Waals surface area (Å²) in [6.07, 6.45) is 4.89. The summed E-state index contributed by atoms with van der Waals surface area (Å²) in [5.41, 5.74) is 0.926. The first-order chi connectivity index (χ1) is 7.55. The number of hydrogen-bond donors (Lipinski definition) is 1. The number of unbranched alkanes of at least 4 members (excludes halogenated alkanes) is 1. The fourth-order valence-electron chi connectivity index (χ4n) is 1.38. The minimum atomic E-state index is -3.16. The molecule has 1 aromatic rings. The summed E-state index contributed by atoms with van der Waals surface area (Å²) in [6.45, 7) is 3.81. The van der Waals surface area contributed by atoms with E-state index >= 15 is 0 Å². The summed E-state index contributed by atoms with van der Waals surface area (Å²) >= 11 is 0. The zero-order chi connectivity index (χ0) is 12.0. The average Bonchev–Trinajstić information content (AvgIpc) is 2.27. The van der Waals surface area contributed by atoms with E-state index in [0.29, 0.717) is 6.42 Å². The van der Waals surface area contributed by atoms with E-state index in [-0.39, 0.29) is 11.8 Å². The van der Waals surface area contributed by atoms with Crippen molar-refractivity contribution in [2.45, 2.75) is 32.7 Å². The molecular formula is C11H18N2O2S. The molecule has 0 aromatic carbocycles. The first-order valence-corrected chi connectivity index (χ1v) is 7.10. The maximum Gasteiger partial charge on any atom is 0.212 e. The highest BCUT2D eigenvalue weighted by Gasteiger charge is 2.14. The highest BCUT2D eigenvalue weighted by molar-refractivity contribution is 7.89. The number of pyridine rings is 1. The predicted molar refractivity (Wildman–Crippen MR) is 64.5 cm³/mol. The number of aromatic nitrogens is 1. The van der Waals surface area contributed by atoms with Gasteiger partial charge in [0.1, 0.15) is 0 Å². The van der Waals surface area contributed by atoms with Crippen molar-refractivity contribution in [3.8, 4) is 0 Å². The molecule has 0 fully saturated rings. The minimum absolute atomic E-state index is 0.193. The minimum Gasteiger partial charge on any atom is -0.265 e. The molecule has 1 heterocycles. The monoisotopic (exact) mass is 242 g/mol. The lowest BCUT2D eigenvalue weighted by atomic mass is 10.1. The molecule has 0 aliphatic rings. The maximum absolute atomic E-state index is 11.6. The Morgan fingerprint density at radius 1 is 1.38 bits per heavy atom. The first-order valence-electron chi connectivity index (χ1n) is 5.45. The Morgan fingerprint density at radius 3 is 2.56 bits per heavy atom. The van der Waals surface area contributed by atoms with E-state index in [2.05, 4.69) is 9.71 Å². The van der Waals surface area contributed by atoms with Gasteiger partial charge in [-0.15, -0.1) is 0 Å². The second-order valence-corrected chi connectivity index (χ2v) is 5.67. The van der Waals surface area contributed by atoms with Crippen molar-refractivity contribution in [1.29, 1.82) is 0 Å². The highest BCUT2D eigenvalue weighted by Crippen LogP contribution is 2.11. The number of hydrogen-bond acceptors (Lipinski definition) is 3. The van der Waals surface area contributed by atoms with Crippen molar-refractivity contribution < 1.29 is 8.42 Å². The largest absolute Gasteiger partial charge is 0.265 e. The molecule has 0 unspecified atom stereocenters. The van der Waals surface area contributed by atoms with Crippen LogP contribution in [0.25, 0.3) is 0 Å². The molecule has 0 radical (unpaired) electrons. The third-order valence-corrected chi connectivity index (χ3v) is 3.87. The van der Waals surface area contributed by atoms with Crippen LogP contribution >= 0.6 is 0 Å². The average molecular weight is 242 g/mol. The van der Waals surface area contributed by atoms with Gasteiger partial charge in [0, 0.05) is 18.4 Å². The Balaban J connectivity index is 2.61. The molecule has 0 spiro atoms. The lowest BCUT2D eigenvalue weighted by Crippen LogP contribution is -2.29. The van der Waals surface area contributed by atoms with Gasteiger partial charge >= 0.3 is 0 Å². The van der Waals surface area contributed by atoms with E-state index < -0.39 is 10.0 Å². The molecule has 0 aliphatic carbocycles. The molecule has 0 saturated heterocycles. The molecule has 0 amide bonds. The smallest absolute Gasteiger partial charge is 0.212 e. The molecule has 1 rings (SSSR count). The van der Waals surface area contributed by atoms with Crippen molar-refractivity contribution in [3.63, 3.8) is 0 Å². The van der Waals surface area contributed by atoms with Crippen LogP contribution in [0.2, 0.25) is 0 Å². The first kappa shape index (κ1) is 13.1. The van der Waals surface area contributed by atoms with Crippen LogP contribution in [0.1, 0.15) is 38.3 Å². The van der Waals surface area contributed by atoms with Crippen LogP contribution in [-0.2, 0) is 10.0 Å². The SMILES string of the molecule is CCCCS(=O)(=O)N[C@@H](C)c1ccncc1. The zero-order valence-corrected chi connectivity index (χ0v) is 10.5. The Morgan fingerprint density at radius 2 is 2.00 bits per heavy atom. The van der Waals surface area contributed by atoms with E-state index in [9.17, 15) is 8.42 Å². The van der Waals surface area contributed by atoms with Gasteiger partial charge in [-0.25, -0.2) is 13.1 Å². The van der Waals surface area contributed by atoms with Crippen LogP contribution in [0.5, 0.6) is 0 Å². The van der Waals surface area contributed by atoms with Crippen LogP contribution < -0.4 is 4.72 Å². The van der Waals surface area contributed by atoms with Crippen molar-refractivity contribution in [2.75, 3.05) is 5.75 Å². The van der Waals surface area contributed by atoms with Crippen molar-refractivity contribution in [2.24, 2.45) is 0 Å². The fraction of sp³-hybridized carbons (Fsp3) is 0.545. The molecule has 90 valence electrons. The van der Waals surface area contributed by atoms with Gasteiger partial charge in [-0.2, -0.15) is 0 Å². The normalized spacial score (nSPS) is 13.6. The topological polar surface area (TPSA) is 59.1 Å². The van der Waals surface area contributed by atoms with Gasteiger partial charge in [0.05, 0.1) is 5.75 Å². The molecule has 0 bridgehead atoms. The van der Waals surface area contributed by atoms with E-state index in [1.165, 1.54) is 0 Å². The summed E-state index contributed by atoms with van der Waals surface area (Å²) in [5, 5.41) is 0. The second-order valence-electron chi connectivity index (χ2n) is 3.79. The van der Waals surface area contributed by atoms with Crippen LogP contribution in [0.15, 0.2) is 24.5 Å². The molecule has 16 heavy (non-hydrogen) atoms. The van der Waals surface area contributed by atoms with Gasteiger partial charge in [-0.1, -0.05) is 13.3 Å². The Kier molecular flexibility index (Phi) is 4.89. The Hall–Kier alpha value is -0.940. The molecule has 1 aromatic heterocycles. The van der Waals surface area contributed by atoms with Crippen LogP contribution in [0.4, 0.5) is 0 Å². The van der Waals surface area contributed by atoms with Gasteiger partial charge in [-0.05, 0) is 31.0 Å². The molecule has 0 aliphatic heterocycles. The van der Waals surface area contributed by atoms with Crippen LogP contribution in [-0.4, -0.2) is 19.2 Å². The summed E-state index contributed by atoms with van der Waals surface area (Å²) in [7, 11) is -3.16. The molecule has 1 N–H and O–H groups in total. The summed E-state index contributed by atoms with van der Waals surface area (Å²) in [4.78, 5) is 3.90. The third-order valence-electron chi connectivity index (χ3n) is 2.33. The quantitative estimate of drug-likeness (QED) is 0.828. The van der Waals surface area contributed by atoms with Crippen molar-refractivity contribution >= 4 is 10.0 Å². The number of nitrogens with zero attached hydrogens (tertiary/aromatic N) is 1. The Bertz CT molecular complexity index is 403. The second kappa shape index (κ2) is 5.96. The van der Waals surface area contributed by atoms with Crippen LogP contribution in [0.3, 0.4) is 0 Å². The van der Waals surface area contributed by atoms with Gasteiger partial charge < -0.3 is 0 Å². The summed E-state index contributed by atoms with van der Waals surface area (Å²) in [5.74, 6) is 0.193. The molecule has 4 nitrogen and oxygen atoms in total. The lowest BCUT2D eigenvalue weighted by Gasteiger charge is -2.14. The van der Waals surface area contributed by atoms with Crippen LogP contribution in [0, 0.1) is 0 Å². The summed E-state index contributed by atoms with van der Waals surface area (Å²) < 4.78 is 25.9. The van der Waals surface area contributed by atoms with Gasteiger partial charge in [0.2, 0.25) is 10.0 Å². The molecule has 1 atom stereocenters. The summed E-state index contributed by atoms with van der Waals surface area (Å²) in [6, 6.07) is 3.42. The lowest BCUT2D eigenvalue weighted by molar-refractivity contribution is 0.563. The number of rotatable bonds is 6. The highest BCUT2D eigenvalue weighted by atomic mass is 32.2. The molecule has 0 saturated carbocycles. The van der Waals surface area contributed by atoms with Crippen molar-refractivity contribution in [1.82, 2.24) is 9.71 Å². The maximum atomic E-state index is 11.6. The standard InChI is InChI=1S/C11H18N2O2S/c1-3-4-9-16(14,15)13-10(2)11-5-7-12-8-6-11/h5-8,10,13H,3-4,9H2,1-2H3/t10-/m0/s1. The number of sulfonamides is 1. The predicted octanol–water partition coefficient (Wildman–Crippen LogP) is 1.86. The van der Waals surface area contributed by atoms with Gasteiger partial charge in [0.25, 0.3) is 0 Å². The van der Waals surface area contributed by atoms with Gasteiger partial charge in [-0.3, -0.25) is 4.98 Å². The fourth-order valence-corrected chi connectivity index (χ4v) is 2.84. The zero-order valence-electron chi connectivity index (χ0n) is 9.68. The Labute approximate surface area is 97.2 Å². The van der Waals surface area contributed by atoms with E-state index in [1.807, 2.05) is 26.0 Å². The van der Waals surface area contributed by atoms with Gasteiger partial charge in [0.15, 0.2) is 0 Å². The van der Waals surface area contributed by atoms with E-state index in [4.69, 9.17) is 0 Å². The van der Waals surface area contributed by atoms with Crippen molar-refractivity contribution in [3.05, 3.63) is 30.1 Å². The van der Waals surface area contributed by atoms with E-state index in [1.54, 1.807) is 12.4 Å². The molecular weight excluding hydrogens is 224 g/mol. The molecule has 5 heteroatoms. The third kappa shape index (κ3) is 4.28. The van der Waals surface area contributed by atoms with E-state index in [0.717, 1.165) is 12.0 Å². The number of nitrogens with one attached hydrogen (secondary N) is 1.